The molecule has 2 rings (SSSR count). The van der Waals surface area contributed by atoms with Crippen LogP contribution in [0.3, 0.4) is 0 Å². The van der Waals surface area contributed by atoms with Gasteiger partial charge >= 0.3 is 0 Å². The Morgan fingerprint density at radius 1 is 1.42 bits per heavy atom. The molecule has 1 aromatic rings. The Bertz CT molecular complexity index is 430. The Kier molecular flexibility index (Phi) is 4.53. The van der Waals surface area contributed by atoms with Crippen molar-refractivity contribution < 1.29 is 4.79 Å². The summed E-state index contributed by atoms with van der Waals surface area (Å²) in [5, 5.41) is 3.51. The predicted molar refractivity (Wildman–Crippen MR) is 76.2 cm³/mol. The highest BCUT2D eigenvalue weighted by Gasteiger charge is 2.30. The molecule has 0 bridgehead atoms. The van der Waals surface area contributed by atoms with Gasteiger partial charge in [0.15, 0.2) is 0 Å². The fourth-order valence-corrected chi connectivity index (χ4v) is 2.51. The summed E-state index contributed by atoms with van der Waals surface area (Å²) in [6.45, 7) is 7.90. The smallest absolute Gasteiger partial charge is 0.255 e. The highest BCUT2D eigenvalue weighted by molar-refractivity contribution is 5.94. The van der Waals surface area contributed by atoms with Crippen LogP contribution >= 0.6 is 0 Å². The van der Waals surface area contributed by atoms with Gasteiger partial charge in [-0.15, -0.1) is 0 Å². The van der Waals surface area contributed by atoms with Crippen LogP contribution in [0.5, 0.6) is 0 Å². The lowest BCUT2D eigenvalue weighted by molar-refractivity contribution is 0.0575. The SMILES string of the molecule is CCC1CN(C(=O)c2ccc(C)nc2)C(CC)CN1. The van der Waals surface area contributed by atoms with Gasteiger partial charge in [0, 0.05) is 37.1 Å². The molecule has 1 saturated heterocycles. The van der Waals surface area contributed by atoms with Gasteiger partial charge in [-0.2, -0.15) is 0 Å². The number of hydrogen-bond donors (Lipinski definition) is 1. The van der Waals surface area contributed by atoms with Crippen molar-refractivity contribution in [3.05, 3.63) is 29.6 Å². The summed E-state index contributed by atoms with van der Waals surface area (Å²) in [4.78, 5) is 18.8. The third kappa shape index (κ3) is 3.13. The van der Waals surface area contributed by atoms with Gasteiger partial charge in [0.1, 0.15) is 0 Å². The lowest BCUT2D eigenvalue weighted by Gasteiger charge is -2.40. The third-order valence-electron chi connectivity index (χ3n) is 3.88. The van der Waals surface area contributed by atoms with E-state index in [1.165, 1.54) is 0 Å². The summed E-state index contributed by atoms with van der Waals surface area (Å²) in [5.41, 5.74) is 1.64. The number of aromatic nitrogens is 1. The highest BCUT2D eigenvalue weighted by Crippen LogP contribution is 2.16. The molecular formula is C15H23N3O. The average Bonchev–Trinajstić information content (AvgIpc) is 2.46. The van der Waals surface area contributed by atoms with Gasteiger partial charge in [-0.25, -0.2) is 0 Å². The lowest BCUT2D eigenvalue weighted by Crippen LogP contribution is -2.57. The number of nitrogens with zero attached hydrogens (tertiary/aromatic N) is 2. The van der Waals surface area contributed by atoms with Crippen LogP contribution in [0, 0.1) is 6.92 Å². The first-order valence-corrected chi connectivity index (χ1v) is 7.12. The molecule has 4 heteroatoms. The molecule has 1 N–H and O–H groups in total. The largest absolute Gasteiger partial charge is 0.333 e. The maximum atomic E-state index is 12.6. The summed E-state index contributed by atoms with van der Waals surface area (Å²) >= 11 is 0. The summed E-state index contributed by atoms with van der Waals surface area (Å²) in [7, 11) is 0. The minimum Gasteiger partial charge on any atom is -0.333 e. The second-order valence-electron chi connectivity index (χ2n) is 5.22. The fraction of sp³-hybridized carbons (Fsp3) is 0.600. The van der Waals surface area contributed by atoms with E-state index in [1.54, 1.807) is 6.20 Å². The Labute approximate surface area is 115 Å². The normalized spacial score (nSPS) is 23.4. The summed E-state index contributed by atoms with van der Waals surface area (Å²) in [6.07, 6.45) is 3.72. The number of aryl methyl sites for hydroxylation is 1. The van der Waals surface area contributed by atoms with Crippen molar-refractivity contribution in [2.45, 2.75) is 45.7 Å². The van der Waals surface area contributed by atoms with Crippen molar-refractivity contribution in [1.82, 2.24) is 15.2 Å². The molecule has 0 radical (unpaired) electrons. The molecule has 19 heavy (non-hydrogen) atoms. The van der Waals surface area contributed by atoms with Gasteiger partial charge in [-0.1, -0.05) is 13.8 Å². The lowest BCUT2D eigenvalue weighted by atomic mass is 10.0. The van der Waals surface area contributed by atoms with Crippen LogP contribution in [0.1, 0.15) is 42.7 Å². The molecular weight excluding hydrogens is 238 g/mol. The fourth-order valence-electron chi connectivity index (χ4n) is 2.51. The van der Waals surface area contributed by atoms with Crippen LogP contribution in [0.2, 0.25) is 0 Å². The summed E-state index contributed by atoms with van der Waals surface area (Å²) < 4.78 is 0. The minimum atomic E-state index is 0.110. The molecule has 2 heterocycles. The molecule has 0 aromatic carbocycles. The molecule has 4 nitrogen and oxygen atoms in total. The summed E-state index contributed by atoms with van der Waals surface area (Å²) in [6, 6.07) is 4.47. The van der Waals surface area contributed by atoms with Gasteiger partial charge in [-0.05, 0) is 31.9 Å². The Balaban J connectivity index is 2.16. The molecule has 1 fully saturated rings. The first kappa shape index (κ1) is 14.0. The number of nitrogens with one attached hydrogen (secondary N) is 1. The van der Waals surface area contributed by atoms with Crippen LogP contribution in [0.4, 0.5) is 0 Å². The molecule has 1 aliphatic heterocycles. The third-order valence-corrected chi connectivity index (χ3v) is 3.88. The zero-order chi connectivity index (χ0) is 13.8. The molecule has 0 aliphatic carbocycles. The summed E-state index contributed by atoms with van der Waals surface area (Å²) in [5.74, 6) is 0.110. The van der Waals surface area contributed by atoms with Crippen molar-refractivity contribution in [2.24, 2.45) is 0 Å². The van der Waals surface area contributed by atoms with E-state index in [4.69, 9.17) is 0 Å². The quantitative estimate of drug-likeness (QED) is 0.905. The Hall–Kier alpha value is -1.42. The zero-order valence-corrected chi connectivity index (χ0v) is 12.0. The van der Waals surface area contributed by atoms with Gasteiger partial charge in [0.05, 0.1) is 5.56 Å². The number of carbonyl (C=O) groups excluding carboxylic acids is 1. The van der Waals surface area contributed by atoms with E-state index in [2.05, 4.69) is 24.1 Å². The van der Waals surface area contributed by atoms with E-state index in [-0.39, 0.29) is 11.9 Å². The topological polar surface area (TPSA) is 45.2 Å². The average molecular weight is 261 g/mol. The number of amides is 1. The molecule has 2 atom stereocenters. The van der Waals surface area contributed by atoms with Gasteiger partial charge in [0.2, 0.25) is 0 Å². The Morgan fingerprint density at radius 2 is 2.21 bits per heavy atom. The van der Waals surface area contributed by atoms with E-state index in [9.17, 15) is 4.79 Å². The second kappa shape index (κ2) is 6.15. The van der Waals surface area contributed by atoms with E-state index in [0.29, 0.717) is 11.6 Å². The first-order valence-electron chi connectivity index (χ1n) is 7.12. The molecule has 0 saturated carbocycles. The van der Waals surface area contributed by atoms with E-state index in [1.807, 2.05) is 24.0 Å². The number of carbonyl (C=O) groups is 1. The molecule has 1 amide bonds. The van der Waals surface area contributed by atoms with Crippen molar-refractivity contribution in [2.75, 3.05) is 13.1 Å². The van der Waals surface area contributed by atoms with Gasteiger partial charge < -0.3 is 10.2 Å². The van der Waals surface area contributed by atoms with Crippen LogP contribution in [0.25, 0.3) is 0 Å². The molecule has 1 aromatic heterocycles. The van der Waals surface area contributed by atoms with Crippen LogP contribution in [0.15, 0.2) is 18.3 Å². The molecule has 0 spiro atoms. The number of hydrogen-bond acceptors (Lipinski definition) is 3. The van der Waals surface area contributed by atoms with E-state index < -0.39 is 0 Å². The standard InChI is InChI=1S/C15H23N3O/c1-4-13-10-18(14(5-2)9-17-13)15(19)12-7-6-11(3)16-8-12/h6-8,13-14,17H,4-5,9-10H2,1-3H3. The maximum Gasteiger partial charge on any atom is 0.255 e. The van der Waals surface area contributed by atoms with Crippen LogP contribution < -0.4 is 5.32 Å². The van der Waals surface area contributed by atoms with Crippen molar-refractivity contribution >= 4 is 5.91 Å². The first-order chi connectivity index (χ1) is 9.15. The van der Waals surface area contributed by atoms with Crippen molar-refractivity contribution in [3.8, 4) is 0 Å². The van der Waals surface area contributed by atoms with E-state index >= 15 is 0 Å². The van der Waals surface area contributed by atoms with Gasteiger partial charge in [-0.3, -0.25) is 9.78 Å². The number of piperazine rings is 1. The monoisotopic (exact) mass is 261 g/mol. The zero-order valence-electron chi connectivity index (χ0n) is 12.0. The second-order valence-corrected chi connectivity index (χ2v) is 5.22. The van der Waals surface area contributed by atoms with E-state index in [0.717, 1.165) is 31.6 Å². The van der Waals surface area contributed by atoms with Crippen LogP contribution in [-0.2, 0) is 0 Å². The highest BCUT2D eigenvalue weighted by atomic mass is 16.2. The van der Waals surface area contributed by atoms with Crippen molar-refractivity contribution in [1.29, 1.82) is 0 Å². The predicted octanol–water partition coefficient (Wildman–Crippen LogP) is 1.99. The number of pyridine rings is 1. The molecule has 104 valence electrons. The van der Waals surface area contributed by atoms with Crippen molar-refractivity contribution in [3.63, 3.8) is 0 Å². The maximum absolute atomic E-state index is 12.6. The minimum absolute atomic E-state index is 0.110. The Morgan fingerprint density at radius 3 is 2.79 bits per heavy atom. The molecule has 2 unspecified atom stereocenters. The number of rotatable bonds is 3. The van der Waals surface area contributed by atoms with Gasteiger partial charge in [0.25, 0.3) is 5.91 Å². The van der Waals surface area contributed by atoms with Crippen LogP contribution in [-0.4, -0.2) is 41.0 Å². The molecule has 1 aliphatic rings.